The molecule has 0 aromatic heterocycles. The van der Waals surface area contributed by atoms with Crippen LogP contribution in [-0.2, 0) is 28.8 Å². The second kappa shape index (κ2) is 12.4. The van der Waals surface area contributed by atoms with Crippen molar-refractivity contribution in [2.45, 2.75) is 63.9 Å². The Morgan fingerprint density at radius 1 is 0.742 bits per heavy atom. The highest BCUT2D eigenvalue weighted by Gasteiger charge is 2.34. The number of hydrogen-bond acceptors (Lipinski definition) is 8. The molecule has 0 fully saturated rings. The SMILES string of the molecule is CC(C)C(N)C(=O)NC(CC(=O)O)C(=O)NC(C(=O)NC(CC(=O)O)C(=O)O)C(C)O. The summed E-state index contributed by atoms with van der Waals surface area (Å²) < 4.78 is 0. The molecule has 0 radical (unpaired) electrons. The normalized spacial score (nSPS) is 15.7. The third-order valence-corrected chi connectivity index (χ3v) is 4.09. The minimum Gasteiger partial charge on any atom is -0.481 e. The molecule has 3 amide bonds. The van der Waals surface area contributed by atoms with Gasteiger partial charge in [0.15, 0.2) is 0 Å². The van der Waals surface area contributed by atoms with Crippen LogP contribution >= 0.6 is 0 Å². The van der Waals surface area contributed by atoms with Crippen LogP contribution in [0.3, 0.4) is 0 Å². The predicted octanol–water partition coefficient (Wildman–Crippen LogP) is -3.16. The van der Waals surface area contributed by atoms with Gasteiger partial charge in [0.2, 0.25) is 17.7 Å². The summed E-state index contributed by atoms with van der Waals surface area (Å²) in [6.45, 7) is 4.33. The summed E-state index contributed by atoms with van der Waals surface area (Å²) in [5.41, 5.74) is 5.66. The van der Waals surface area contributed by atoms with Gasteiger partial charge in [-0.2, -0.15) is 0 Å². The molecule has 0 aromatic carbocycles. The number of aliphatic hydroxyl groups is 1. The molecule has 0 aliphatic heterocycles. The number of nitrogens with one attached hydrogen (secondary N) is 3. The average molecular weight is 448 g/mol. The summed E-state index contributed by atoms with van der Waals surface area (Å²) in [7, 11) is 0. The third-order valence-electron chi connectivity index (χ3n) is 4.09. The highest BCUT2D eigenvalue weighted by molar-refractivity contribution is 5.96. The minimum atomic E-state index is -1.85. The van der Waals surface area contributed by atoms with Crippen molar-refractivity contribution in [1.29, 1.82) is 0 Å². The first-order chi connectivity index (χ1) is 14.2. The Bertz CT molecular complexity index is 709. The molecule has 0 aliphatic carbocycles. The monoisotopic (exact) mass is 448 g/mol. The molecule has 0 spiro atoms. The van der Waals surface area contributed by atoms with Crippen LogP contribution in [0.15, 0.2) is 0 Å². The van der Waals surface area contributed by atoms with E-state index in [4.69, 9.17) is 21.1 Å². The van der Waals surface area contributed by atoms with E-state index in [0.717, 1.165) is 6.92 Å². The van der Waals surface area contributed by atoms with Crippen molar-refractivity contribution in [2.24, 2.45) is 11.7 Å². The van der Waals surface area contributed by atoms with Gasteiger partial charge in [0.05, 0.1) is 25.0 Å². The number of aliphatic hydroxyl groups excluding tert-OH is 1. The van der Waals surface area contributed by atoms with Crippen molar-refractivity contribution >= 4 is 35.6 Å². The van der Waals surface area contributed by atoms with Crippen LogP contribution in [0.1, 0.15) is 33.6 Å². The molecule has 0 aliphatic rings. The van der Waals surface area contributed by atoms with Crippen molar-refractivity contribution in [3.05, 3.63) is 0 Å². The van der Waals surface area contributed by atoms with E-state index in [2.05, 4.69) is 5.32 Å². The Hall–Kier alpha value is -3.26. The van der Waals surface area contributed by atoms with Crippen molar-refractivity contribution < 1.29 is 49.2 Å². The van der Waals surface area contributed by atoms with E-state index in [-0.39, 0.29) is 5.92 Å². The zero-order chi connectivity index (χ0) is 24.5. The van der Waals surface area contributed by atoms with Gasteiger partial charge < -0.3 is 42.1 Å². The van der Waals surface area contributed by atoms with Crippen LogP contribution in [0, 0.1) is 5.92 Å². The molecule has 14 heteroatoms. The van der Waals surface area contributed by atoms with E-state index in [9.17, 15) is 33.9 Å². The molecule has 176 valence electrons. The topological polar surface area (TPSA) is 245 Å². The van der Waals surface area contributed by atoms with Crippen LogP contribution in [0.4, 0.5) is 0 Å². The maximum absolute atomic E-state index is 12.5. The first kappa shape index (κ1) is 27.7. The van der Waals surface area contributed by atoms with Gasteiger partial charge in [-0.15, -0.1) is 0 Å². The number of carboxylic acid groups (broad SMARTS) is 3. The van der Waals surface area contributed by atoms with E-state index < -0.39 is 78.7 Å². The fourth-order valence-corrected chi connectivity index (χ4v) is 2.25. The molecule has 0 heterocycles. The first-order valence-corrected chi connectivity index (χ1v) is 9.18. The van der Waals surface area contributed by atoms with Gasteiger partial charge in [0, 0.05) is 0 Å². The highest BCUT2D eigenvalue weighted by atomic mass is 16.4. The van der Waals surface area contributed by atoms with Gasteiger partial charge in [-0.05, 0) is 12.8 Å². The molecule has 0 aromatic rings. The Kier molecular flexibility index (Phi) is 11.1. The number of hydrogen-bond donors (Lipinski definition) is 8. The molecular formula is C17H28N4O10. The first-order valence-electron chi connectivity index (χ1n) is 9.18. The van der Waals surface area contributed by atoms with E-state index in [1.54, 1.807) is 13.8 Å². The number of aliphatic carboxylic acids is 3. The second-order valence-electron chi connectivity index (χ2n) is 7.15. The van der Waals surface area contributed by atoms with Gasteiger partial charge in [-0.25, -0.2) is 4.79 Å². The van der Waals surface area contributed by atoms with Crippen molar-refractivity contribution in [3.63, 3.8) is 0 Å². The summed E-state index contributed by atoms with van der Waals surface area (Å²) in [5, 5.41) is 42.6. The Morgan fingerprint density at radius 2 is 1.19 bits per heavy atom. The largest absolute Gasteiger partial charge is 0.481 e. The minimum absolute atomic E-state index is 0.327. The van der Waals surface area contributed by atoms with Crippen LogP contribution in [0.5, 0.6) is 0 Å². The quantitative estimate of drug-likeness (QED) is 0.140. The summed E-state index contributed by atoms with van der Waals surface area (Å²) >= 11 is 0. The maximum Gasteiger partial charge on any atom is 0.326 e. The van der Waals surface area contributed by atoms with Gasteiger partial charge in [0.1, 0.15) is 18.1 Å². The summed E-state index contributed by atoms with van der Waals surface area (Å²) in [5.74, 6) is -8.16. The third kappa shape index (κ3) is 9.86. The van der Waals surface area contributed by atoms with Gasteiger partial charge >= 0.3 is 17.9 Å². The summed E-state index contributed by atoms with van der Waals surface area (Å²) in [6, 6.07) is -6.32. The second-order valence-corrected chi connectivity index (χ2v) is 7.15. The number of carbonyl (C=O) groups is 6. The molecule has 0 bridgehead atoms. The molecular weight excluding hydrogens is 420 g/mol. The summed E-state index contributed by atoms with van der Waals surface area (Å²) in [4.78, 5) is 69.8. The smallest absolute Gasteiger partial charge is 0.326 e. The summed E-state index contributed by atoms with van der Waals surface area (Å²) in [6.07, 6.45) is -3.41. The Morgan fingerprint density at radius 3 is 1.58 bits per heavy atom. The van der Waals surface area contributed by atoms with E-state index in [1.807, 2.05) is 10.6 Å². The highest BCUT2D eigenvalue weighted by Crippen LogP contribution is 2.03. The fourth-order valence-electron chi connectivity index (χ4n) is 2.25. The number of rotatable bonds is 13. The van der Waals surface area contributed by atoms with Gasteiger partial charge in [-0.3, -0.25) is 24.0 Å². The average Bonchev–Trinajstić information content (AvgIpc) is 2.62. The van der Waals surface area contributed by atoms with Gasteiger partial charge in [-0.1, -0.05) is 13.8 Å². The molecule has 14 nitrogen and oxygen atoms in total. The molecule has 0 saturated carbocycles. The van der Waals surface area contributed by atoms with Crippen molar-refractivity contribution in [3.8, 4) is 0 Å². The van der Waals surface area contributed by atoms with E-state index in [0.29, 0.717) is 0 Å². The van der Waals surface area contributed by atoms with E-state index in [1.165, 1.54) is 0 Å². The Balaban J connectivity index is 5.48. The fraction of sp³-hybridized carbons (Fsp3) is 0.647. The lowest BCUT2D eigenvalue weighted by molar-refractivity contribution is -0.148. The molecule has 9 N–H and O–H groups in total. The van der Waals surface area contributed by atoms with Crippen molar-refractivity contribution in [1.82, 2.24) is 16.0 Å². The molecule has 5 unspecified atom stereocenters. The lowest BCUT2D eigenvalue weighted by atomic mass is 10.0. The number of amides is 3. The van der Waals surface area contributed by atoms with Crippen LogP contribution in [-0.4, -0.2) is 86.3 Å². The zero-order valence-electron chi connectivity index (χ0n) is 17.2. The number of carbonyl (C=O) groups excluding carboxylic acids is 3. The lowest BCUT2D eigenvalue weighted by Crippen LogP contribution is -2.60. The zero-order valence-corrected chi connectivity index (χ0v) is 17.2. The predicted molar refractivity (Wildman–Crippen MR) is 102 cm³/mol. The molecule has 0 rings (SSSR count). The lowest BCUT2D eigenvalue weighted by Gasteiger charge is -2.26. The van der Waals surface area contributed by atoms with Crippen LogP contribution < -0.4 is 21.7 Å². The van der Waals surface area contributed by atoms with Crippen molar-refractivity contribution in [2.75, 3.05) is 0 Å². The van der Waals surface area contributed by atoms with Crippen LogP contribution in [0.25, 0.3) is 0 Å². The Labute approximate surface area is 177 Å². The number of nitrogens with two attached hydrogens (primary N) is 1. The van der Waals surface area contributed by atoms with Gasteiger partial charge in [0.25, 0.3) is 0 Å². The number of carboxylic acids is 3. The molecule has 0 saturated heterocycles. The molecule has 31 heavy (non-hydrogen) atoms. The maximum atomic E-state index is 12.5. The molecule has 5 atom stereocenters. The van der Waals surface area contributed by atoms with E-state index >= 15 is 0 Å². The standard InChI is InChI=1S/C17H28N4O10/c1-6(2)12(18)15(28)19-8(4-10(23)24)14(27)21-13(7(3)22)16(29)20-9(17(30)31)5-11(25)26/h6-9,12-13,22H,4-5,18H2,1-3H3,(H,19,28)(H,20,29)(H,21,27)(H,23,24)(H,25,26)(H,30,31). The van der Waals surface area contributed by atoms with Crippen LogP contribution in [0.2, 0.25) is 0 Å².